The van der Waals surface area contributed by atoms with E-state index in [9.17, 15) is 14.9 Å². The third-order valence-corrected chi connectivity index (χ3v) is 4.82. The number of nitrogens with one attached hydrogen (secondary N) is 1. The first-order valence-electron chi connectivity index (χ1n) is 8.19. The zero-order valence-electron chi connectivity index (χ0n) is 14.6. The van der Waals surface area contributed by atoms with E-state index >= 15 is 0 Å². The maximum atomic E-state index is 12.8. The molecule has 27 heavy (non-hydrogen) atoms. The first-order chi connectivity index (χ1) is 12.8. The lowest BCUT2D eigenvalue weighted by Crippen LogP contribution is -2.30. The molecule has 2 aromatic carbocycles. The summed E-state index contributed by atoms with van der Waals surface area (Å²) in [4.78, 5) is 24.6. The van der Waals surface area contributed by atoms with Crippen LogP contribution in [0, 0.1) is 10.1 Å². The number of hydrogen-bond donors (Lipinski definition) is 1. The first-order valence-corrected chi connectivity index (χ1v) is 8.97. The zero-order chi connectivity index (χ0) is 19.7. The van der Waals surface area contributed by atoms with Crippen molar-refractivity contribution in [2.75, 3.05) is 4.90 Å². The van der Waals surface area contributed by atoms with Gasteiger partial charge in [-0.1, -0.05) is 37.6 Å². The molecule has 0 aliphatic carbocycles. The highest BCUT2D eigenvalue weighted by Gasteiger charge is 2.32. The zero-order valence-corrected chi connectivity index (χ0v) is 16.2. The molecule has 0 bridgehead atoms. The highest BCUT2D eigenvalue weighted by atomic mass is 35.5. The van der Waals surface area contributed by atoms with Gasteiger partial charge in [-0.25, -0.2) is 0 Å². The Morgan fingerprint density at radius 3 is 2.48 bits per heavy atom. The average Bonchev–Trinajstić information content (AvgIpc) is 2.90. The summed E-state index contributed by atoms with van der Waals surface area (Å²) in [6.07, 6.45) is 1.46. The standard InChI is InChI=1S/C19H16ClN3O3S/c1-11(2)12-3-5-14(6-4-12)22-18(24)17(21-19(22)27)10-13-9-15(23(25)26)7-8-16(13)20/h3-11H,1-2H3,(H,21,27)/b17-10+. The fourth-order valence-electron chi connectivity index (χ4n) is 2.69. The summed E-state index contributed by atoms with van der Waals surface area (Å²) in [5.74, 6) is 0.0322. The van der Waals surface area contributed by atoms with Gasteiger partial charge in [0.2, 0.25) is 0 Å². The van der Waals surface area contributed by atoms with Gasteiger partial charge in [0.1, 0.15) is 5.70 Å². The maximum absolute atomic E-state index is 12.8. The molecule has 0 saturated carbocycles. The number of carbonyl (C=O) groups excluding carboxylic acids is 1. The van der Waals surface area contributed by atoms with Crippen molar-refractivity contribution in [2.45, 2.75) is 19.8 Å². The van der Waals surface area contributed by atoms with E-state index in [1.54, 1.807) is 0 Å². The van der Waals surface area contributed by atoms with Crippen molar-refractivity contribution in [1.82, 2.24) is 5.32 Å². The normalized spacial score (nSPS) is 15.6. The molecule has 3 rings (SSSR count). The lowest BCUT2D eigenvalue weighted by Gasteiger charge is -2.15. The number of nitro groups is 1. The quantitative estimate of drug-likeness (QED) is 0.350. The topological polar surface area (TPSA) is 75.5 Å². The minimum Gasteiger partial charge on any atom is -0.327 e. The van der Waals surface area contributed by atoms with E-state index in [4.69, 9.17) is 23.8 Å². The molecule has 1 N–H and O–H groups in total. The van der Waals surface area contributed by atoms with Gasteiger partial charge in [0.25, 0.3) is 11.6 Å². The van der Waals surface area contributed by atoms with Crippen molar-refractivity contribution in [3.63, 3.8) is 0 Å². The van der Waals surface area contributed by atoms with Crippen molar-refractivity contribution in [2.24, 2.45) is 0 Å². The number of amides is 1. The highest BCUT2D eigenvalue weighted by Crippen LogP contribution is 2.28. The van der Waals surface area contributed by atoms with Crippen LogP contribution in [-0.2, 0) is 4.79 Å². The Kier molecular flexibility index (Phi) is 5.25. The van der Waals surface area contributed by atoms with Gasteiger partial charge in [-0.15, -0.1) is 0 Å². The smallest absolute Gasteiger partial charge is 0.281 e. The average molecular weight is 402 g/mol. The van der Waals surface area contributed by atoms with Crippen molar-refractivity contribution in [3.05, 3.63) is 74.4 Å². The van der Waals surface area contributed by atoms with Crippen molar-refractivity contribution in [1.29, 1.82) is 0 Å². The van der Waals surface area contributed by atoms with Gasteiger partial charge < -0.3 is 5.32 Å². The Balaban J connectivity index is 1.93. The third kappa shape index (κ3) is 3.84. The van der Waals surface area contributed by atoms with Crippen LogP contribution in [-0.4, -0.2) is 15.9 Å². The van der Waals surface area contributed by atoms with Crippen LogP contribution in [0.2, 0.25) is 5.02 Å². The fourth-order valence-corrected chi connectivity index (χ4v) is 3.16. The Labute approximate surface area is 166 Å². The van der Waals surface area contributed by atoms with E-state index in [0.717, 1.165) is 5.56 Å². The van der Waals surface area contributed by atoms with Crippen LogP contribution >= 0.6 is 23.8 Å². The van der Waals surface area contributed by atoms with Crippen molar-refractivity contribution in [3.8, 4) is 0 Å². The summed E-state index contributed by atoms with van der Waals surface area (Å²) >= 11 is 11.4. The second-order valence-corrected chi connectivity index (χ2v) is 7.13. The number of thiocarbonyl (C=S) groups is 1. The van der Waals surface area contributed by atoms with Gasteiger partial charge in [0, 0.05) is 22.7 Å². The molecule has 0 radical (unpaired) electrons. The Bertz CT molecular complexity index is 971. The number of benzene rings is 2. The molecule has 0 aromatic heterocycles. The molecule has 1 aliphatic heterocycles. The van der Waals surface area contributed by atoms with E-state index in [1.807, 2.05) is 24.3 Å². The number of rotatable bonds is 4. The first kappa shape index (κ1) is 19.0. The molecule has 6 nitrogen and oxygen atoms in total. The Morgan fingerprint density at radius 2 is 1.89 bits per heavy atom. The van der Waals surface area contributed by atoms with E-state index in [1.165, 1.54) is 29.2 Å². The van der Waals surface area contributed by atoms with Gasteiger partial charge in [0.15, 0.2) is 5.11 Å². The van der Waals surface area contributed by atoms with E-state index in [-0.39, 0.29) is 22.4 Å². The third-order valence-electron chi connectivity index (χ3n) is 4.19. The second-order valence-electron chi connectivity index (χ2n) is 6.34. The predicted molar refractivity (Wildman–Crippen MR) is 110 cm³/mol. The van der Waals surface area contributed by atoms with Crippen LogP contribution in [0.4, 0.5) is 11.4 Å². The molecule has 0 atom stereocenters. The maximum Gasteiger partial charge on any atom is 0.281 e. The summed E-state index contributed by atoms with van der Waals surface area (Å²) in [6, 6.07) is 11.6. The van der Waals surface area contributed by atoms with Gasteiger partial charge in [-0.3, -0.25) is 19.8 Å². The molecule has 1 aliphatic rings. The van der Waals surface area contributed by atoms with Crippen molar-refractivity contribution >= 4 is 52.3 Å². The van der Waals surface area contributed by atoms with Crippen LogP contribution in [0.5, 0.6) is 0 Å². The van der Waals surface area contributed by atoms with Crippen LogP contribution in [0.1, 0.15) is 30.9 Å². The monoisotopic (exact) mass is 401 g/mol. The van der Waals surface area contributed by atoms with Crippen LogP contribution in [0.3, 0.4) is 0 Å². The lowest BCUT2D eigenvalue weighted by molar-refractivity contribution is -0.384. The summed E-state index contributed by atoms with van der Waals surface area (Å²) in [7, 11) is 0. The number of carbonyl (C=O) groups is 1. The molecule has 8 heteroatoms. The molecule has 2 aromatic rings. The molecular formula is C19H16ClN3O3S. The minimum atomic E-state index is -0.518. The fraction of sp³-hybridized carbons (Fsp3) is 0.158. The Hall–Kier alpha value is -2.77. The molecule has 1 amide bonds. The van der Waals surface area contributed by atoms with Crippen LogP contribution in [0.15, 0.2) is 48.2 Å². The lowest BCUT2D eigenvalue weighted by atomic mass is 10.0. The molecule has 1 fully saturated rings. The number of nitro benzene ring substituents is 1. The molecular weight excluding hydrogens is 386 g/mol. The molecule has 1 heterocycles. The van der Waals surface area contributed by atoms with Crippen LogP contribution in [0.25, 0.3) is 6.08 Å². The summed E-state index contributed by atoms with van der Waals surface area (Å²) in [5.41, 5.74) is 2.26. The van der Waals surface area contributed by atoms with Crippen LogP contribution < -0.4 is 10.2 Å². The number of hydrogen-bond acceptors (Lipinski definition) is 4. The molecule has 1 saturated heterocycles. The molecule has 138 valence electrons. The minimum absolute atomic E-state index is 0.111. The molecule has 0 spiro atoms. The Morgan fingerprint density at radius 1 is 1.22 bits per heavy atom. The predicted octanol–water partition coefficient (Wildman–Crippen LogP) is 4.63. The van der Waals surface area contributed by atoms with E-state index < -0.39 is 4.92 Å². The summed E-state index contributed by atoms with van der Waals surface area (Å²) in [5, 5.41) is 14.4. The number of halogens is 1. The highest BCUT2D eigenvalue weighted by molar-refractivity contribution is 7.80. The largest absolute Gasteiger partial charge is 0.327 e. The van der Waals surface area contributed by atoms with E-state index in [0.29, 0.717) is 22.2 Å². The summed E-state index contributed by atoms with van der Waals surface area (Å²) < 4.78 is 0. The summed E-state index contributed by atoms with van der Waals surface area (Å²) in [6.45, 7) is 4.18. The number of non-ortho nitro benzene ring substituents is 1. The SMILES string of the molecule is CC(C)c1ccc(N2C(=O)/C(=C\c3cc([N+](=O)[O-])ccc3Cl)NC2=S)cc1. The number of anilines is 1. The van der Waals surface area contributed by atoms with E-state index in [2.05, 4.69) is 19.2 Å². The molecule has 0 unspecified atom stereocenters. The van der Waals surface area contributed by atoms with Gasteiger partial charge >= 0.3 is 0 Å². The van der Waals surface area contributed by atoms with Gasteiger partial charge in [0.05, 0.1) is 10.6 Å². The van der Waals surface area contributed by atoms with Gasteiger partial charge in [-0.2, -0.15) is 0 Å². The number of nitrogens with zero attached hydrogens (tertiary/aromatic N) is 2. The van der Waals surface area contributed by atoms with Crippen molar-refractivity contribution < 1.29 is 9.72 Å². The second kappa shape index (κ2) is 7.46. The van der Waals surface area contributed by atoms with Gasteiger partial charge in [-0.05, 0) is 48.0 Å².